The molecule has 0 saturated heterocycles. The topological polar surface area (TPSA) is 26.3 Å². The monoisotopic (exact) mass is 272 g/mol. The Morgan fingerprint density at radius 1 is 1.00 bits per heavy atom. The maximum Gasteiger partial charge on any atom is 0.150 e. The first-order valence-electron chi connectivity index (χ1n) is 6.72. The van der Waals surface area contributed by atoms with Gasteiger partial charge in [0, 0.05) is 5.56 Å². The Morgan fingerprint density at radius 2 is 1.81 bits per heavy atom. The summed E-state index contributed by atoms with van der Waals surface area (Å²) in [5, 5.41) is 2.35. The third-order valence-electron chi connectivity index (χ3n) is 3.43. The van der Waals surface area contributed by atoms with E-state index in [1.807, 2.05) is 24.3 Å². The van der Waals surface area contributed by atoms with Crippen molar-refractivity contribution in [2.75, 3.05) is 0 Å². The molecule has 0 spiro atoms. The van der Waals surface area contributed by atoms with Gasteiger partial charge in [0.25, 0.3) is 0 Å². The number of fused-ring (bicyclic) bond motifs is 1. The van der Waals surface area contributed by atoms with Crippen molar-refractivity contribution in [2.24, 2.45) is 0 Å². The second kappa shape index (κ2) is 5.84. The molecule has 0 aliphatic carbocycles. The molecule has 0 aromatic heterocycles. The van der Waals surface area contributed by atoms with E-state index in [9.17, 15) is 4.79 Å². The summed E-state index contributed by atoms with van der Waals surface area (Å²) in [6, 6.07) is 19.4. The smallest absolute Gasteiger partial charge is 0.150 e. The van der Waals surface area contributed by atoms with E-state index in [0.29, 0.717) is 23.4 Å². The molecule has 3 rings (SSSR count). The lowest BCUT2D eigenvalue weighted by Crippen LogP contribution is -2.10. The number of aldehydes is 1. The molecule has 100 valence electrons. The summed E-state index contributed by atoms with van der Waals surface area (Å²) in [4.78, 5) is 10.7. The number of benzene rings is 3. The lowest BCUT2D eigenvalue weighted by molar-refractivity contribution is 0.112. The molecule has 0 saturated carbocycles. The predicted octanol–water partition coefficient (Wildman–Crippen LogP) is 3.03. The number of hydrogen-bond donors (Lipinski definition) is 0. The molecule has 0 heterocycles. The van der Waals surface area contributed by atoms with Crippen LogP contribution >= 0.6 is 0 Å². The van der Waals surface area contributed by atoms with E-state index in [4.69, 9.17) is 12.6 Å². The van der Waals surface area contributed by atoms with Gasteiger partial charge in [-0.2, -0.15) is 0 Å². The maximum absolute atomic E-state index is 10.7. The SMILES string of the molecule is [B]c1cc(C=O)ccc1OCc1cccc2ccccc12. The third kappa shape index (κ3) is 2.82. The normalized spacial score (nSPS) is 10.5. The van der Waals surface area contributed by atoms with Crippen molar-refractivity contribution in [1.82, 2.24) is 0 Å². The molecule has 0 amide bonds. The number of carbonyl (C=O) groups is 1. The minimum Gasteiger partial charge on any atom is -0.490 e. The standard InChI is InChI=1S/C18H13BO2/c19-17-10-13(11-20)8-9-18(17)21-12-15-6-3-5-14-4-1-2-7-16(14)15/h1-11H,12H2. The van der Waals surface area contributed by atoms with Crippen molar-refractivity contribution in [2.45, 2.75) is 6.61 Å². The van der Waals surface area contributed by atoms with E-state index in [0.717, 1.165) is 11.8 Å². The van der Waals surface area contributed by atoms with Crippen LogP contribution in [0.15, 0.2) is 60.7 Å². The van der Waals surface area contributed by atoms with Gasteiger partial charge >= 0.3 is 0 Å². The summed E-state index contributed by atoms with van der Waals surface area (Å²) in [5.41, 5.74) is 2.12. The van der Waals surface area contributed by atoms with Gasteiger partial charge in [0.15, 0.2) is 0 Å². The van der Waals surface area contributed by atoms with Crippen molar-refractivity contribution >= 4 is 30.4 Å². The number of rotatable bonds is 4. The zero-order valence-corrected chi connectivity index (χ0v) is 11.5. The molecule has 3 aromatic carbocycles. The van der Waals surface area contributed by atoms with Crippen molar-refractivity contribution in [3.05, 3.63) is 71.8 Å². The van der Waals surface area contributed by atoms with Gasteiger partial charge < -0.3 is 4.74 Å². The van der Waals surface area contributed by atoms with E-state index in [1.54, 1.807) is 18.2 Å². The highest BCUT2D eigenvalue weighted by Gasteiger charge is 2.04. The second-order valence-corrected chi connectivity index (χ2v) is 4.84. The summed E-state index contributed by atoms with van der Waals surface area (Å²) in [7, 11) is 5.89. The molecule has 0 atom stereocenters. The van der Waals surface area contributed by atoms with Crippen LogP contribution in [0.25, 0.3) is 10.8 Å². The second-order valence-electron chi connectivity index (χ2n) is 4.84. The molecule has 0 bridgehead atoms. The first-order chi connectivity index (χ1) is 10.3. The van der Waals surface area contributed by atoms with Crippen LogP contribution in [0.2, 0.25) is 0 Å². The summed E-state index contributed by atoms with van der Waals surface area (Å²) < 4.78 is 5.79. The third-order valence-corrected chi connectivity index (χ3v) is 3.43. The van der Waals surface area contributed by atoms with Gasteiger partial charge in [-0.05, 0) is 28.5 Å². The molecule has 0 aliphatic heterocycles. The largest absolute Gasteiger partial charge is 0.490 e. The lowest BCUT2D eigenvalue weighted by Gasteiger charge is -2.11. The zero-order valence-electron chi connectivity index (χ0n) is 11.5. The molecular weight excluding hydrogens is 259 g/mol. The Bertz CT molecular complexity index is 791. The van der Waals surface area contributed by atoms with Crippen molar-refractivity contribution in [3.63, 3.8) is 0 Å². The quantitative estimate of drug-likeness (QED) is 0.539. The van der Waals surface area contributed by atoms with E-state index in [-0.39, 0.29) is 0 Å². The Hall–Kier alpha value is -2.55. The first-order valence-corrected chi connectivity index (χ1v) is 6.72. The van der Waals surface area contributed by atoms with Gasteiger partial charge in [0.2, 0.25) is 0 Å². The maximum atomic E-state index is 10.7. The van der Waals surface area contributed by atoms with Crippen LogP contribution in [0.5, 0.6) is 5.75 Å². The summed E-state index contributed by atoms with van der Waals surface area (Å²) >= 11 is 0. The molecule has 0 unspecified atom stereocenters. The highest BCUT2D eigenvalue weighted by Crippen LogP contribution is 2.20. The predicted molar refractivity (Wildman–Crippen MR) is 85.5 cm³/mol. The summed E-state index contributed by atoms with van der Waals surface area (Å²) in [6.07, 6.45) is 0.769. The fraction of sp³-hybridized carbons (Fsp3) is 0.0556. The van der Waals surface area contributed by atoms with Crippen LogP contribution in [0.1, 0.15) is 15.9 Å². The lowest BCUT2D eigenvalue weighted by atomic mass is 9.93. The molecule has 21 heavy (non-hydrogen) atoms. The Kier molecular flexibility index (Phi) is 3.74. The molecular formula is C18H13BO2. The average Bonchev–Trinajstić information content (AvgIpc) is 2.53. The van der Waals surface area contributed by atoms with E-state index in [2.05, 4.69) is 18.2 Å². The van der Waals surface area contributed by atoms with Gasteiger partial charge in [-0.15, -0.1) is 0 Å². The molecule has 3 aromatic rings. The number of carbonyl (C=O) groups excluding carboxylic acids is 1. The highest BCUT2D eigenvalue weighted by molar-refractivity contribution is 6.34. The van der Waals surface area contributed by atoms with Gasteiger partial charge in [-0.3, -0.25) is 4.79 Å². The Balaban J connectivity index is 1.85. The molecule has 0 aliphatic rings. The first kappa shape index (κ1) is 13.4. The van der Waals surface area contributed by atoms with E-state index < -0.39 is 0 Å². The highest BCUT2D eigenvalue weighted by atomic mass is 16.5. The number of ether oxygens (including phenoxy) is 1. The van der Waals surface area contributed by atoms with Crippen molar-refractivity contribution < 1.29 is 9.53 Å². The average molecular weight is 272 g/mol. The minimum atomic E-state index is 0.436. The van der Waals surface area contributed by atoms with E-state index >= 15 is 0 Å². The number of hydrogen-bond acceptors (Lipinski definition) is 2. The van der Waals surface area contributed by atoms with Crippen LogP contribution in [-0.2, 0) is 6.61 Å². The summed E-state index contributed by atoms with van der Waals surface area (Å²) in [5.74, 6) is 0.591. The zero-order chi connectivity index (χ0) is 14.7. The van der Waals surface area contributed by atoms with Crippen LogP contribution < -0.4 is 10.2 Å². The van der Waals surface area contributed by atoms with Gasteiger partial charge in [-0.1, -0.05) is 54.0 Å². The van der Waals surface area contributed by atoms with E-state index in [1.165, 1.54) is 10.8 Å². The van der Waals surface area contributed by atoms with Gasteiger partial charge in [0.05, 0.1) is 0 Å². The van der Waals surface area contributed by atoms with Gasteiger partial charge in [0.1, 0.15) is 26.5 Å². The summed E-state index contributed by atoms with van der Waals surface area (Å²) in [6.45, 7) is 0.436. The van der Waals surface area contributed by atoms with Crippen LogP contribution in [-0.4, -0.2) is 14.1 Å². The van der Waals surface area contributed by atoms with Crippen molar-refractivity contribution in [3.8, 4) is 5.75 Å². The van der Waals surface area contributed by atoms with Crippen molar-refractivity contribution in [1.29, 1.82) is 0 Å². The molecule has 2 radical (unpaired) electrons. The van der Waals surface area contributed by atoms with Crippen LogP contribution in [0.3, 0.4) is 0 Å². The molecule has 0 N–H and O–H groups in total. The van der Waals surface area contributed by atoms with Gasteiger partial charge in [-0.25, -0.2) is 0 Å². The minimum absolute atomic E-state index is 0.436. The molecule has 0 fully saturated rings. The van der Waals surface area contributed by atoms with Crippen LogP contribution in [0.4, 0.5) is 0 Å². The molecule has 2 nitrogen and oxygen atoms in total. The Morgan fingerprint density at radius 3 is 2.62 bits per heavy atom. The fourth-order valence-corrected chi connectivity index (χ4v) is 2.35. The fourth-order valence-electron chi connectivity index (χ4n) is 2.35. The van der Waals surface area contributed by atoms with Crippen LogP contribution in [0, 0.1) is 0 Å². The Labute approximate surface area is 124 Å². The molecule has 3 heteroatoms.